The molecule has 2 nitrogen and oxygen atoms in total. The lowest BCUT2D eigenvalue weighted by molar-refractivity contribution is 0.463. The number of rotatable bonds is 9. The number of halogens is 1. The molecule has 1 heterocycles. The summed E-state index contributed by atoms with van der Waals surface area (Å²) in [6.07, 6.45) is 13.3. The van der Waals surface area contributed by atoms with Crippen molar-refractivity contribution in [2.45, 2.75) is 78.6 Å². The van der Waals surface area contributed by atoms with E-state index in [-0.39, 0.29) is 5.83 Å². The minimum absolute atomic E-state index is 0.139. The zero-order chi connectivity index (χ0) is 16.2. The number of hydrogen-bond acceptors (Lipinski definition) is 2. The second-order valence-electron chi connectivity index (χ2n) is 6.16. The molecule has 22 heavy (non-hydrogen) atoms. The summed E-state index contributed by atoms with van der Waals surface area (Å²) in [5.74, 6) is 0.882. The van der Waals surface area contributed by atoms with Crippen molar-refractivity contribution in [1.82, 2.24) is 5.32 Å². The van der Waals surface area contributed by atoms with E-state index in [1.807, 2.05) is 6.21 Å². The molecule has 0 radical (unpaired) electrons. The van der Waals surface area contributed by atoms with Gasteiger partial charge in [-0.2, -0.15) is 0 Å². The number of hydrogen-bond donors (Lipinski definition) is 1. The van der Waals surface area contributed by atoms with Crippen LogP contribution in [0, 0.1) is 5.92 Å². The number of allylic oxidation sites excluding steroid dienone is 3. The monoisotopic (exact) mass is 308 g/mol. The third-order valence-corrected chi connectivity index (χ3v) is 4.40. The molecule has 0 aromatic rings. The maximum Gasteiger partial charge on any atom is 0.168 e. The van der Waals surface area contributed by atoms with Crippen LogP contribution < -0.4 is 5.32 Å². The number of nitrogens with zero attached hydrogens (tertiary/aromatic N) is 1. The molecule has 0 amide bonds. The first-order valence-corrected chi connectivity index (χ1v) is 9.08. The largest absolute Gasteiger partial charge is 0.367 e. The normalized spacial score (nSPS) is 21.0. The second kappa shape index (κ2) is 11.4. The van der Waals surface area contributed by atoms with Crippen molar-refractivity contribution in [2.75, 3.05) is 6.54 Å². The molecule has 0 saturated carbocycles. The molecule has 1 rings (SSSR count). The highest BCUT2D eigenvalue weighted by Gasteiger charge is 2.13. The van der Waals surface area contributed by atoms with Crippen LogP contribution in [0.25, 0.3) is 0 Å². The van der Waals surface area contributed by atoms with E-state index in [2.05, 4.69) is 37.2 Å². The summed E-state index contributed by atoms with van der Waals surface area (Å²) in [4.78, 5) is 4.37. The Morgan fingerprint density at radius 2 is 1.95 bits per heavy atom. The van der Waals surface area contributed by atoms with Gasteiger partial charge in [0, 0.05) is 12.8 Å². The van der Waals surface area contributed by atoms with E-state index in [1.54, 1.807) is 0 Å². The predicted molar refractivity (Wildman–Crippen MR) is 94.8 cm³/mol. The molecule has 0 bridgehead atoms. The van der Waals surface area contributed by atoms with Gasteiger partial charge in [-0.15, -0.1) is 0 Å². The summed E-state index contributed by atoms with van der Waals surface area (Å²) >= 11 is 0. The van der Waals surface area contributed by atoms with Crippen molar-refractivity contribution in [3.05, 3.63) is 23.3 Å². The quantitative estimate of drug-likeness (QED) is 0.526. The second-order valence-corrected chi connectivity index (χ2v) is 6.16. The highest BCUT2D eigenvalue weighted by atomic mass is 19.1. The topological polar surface area (TPSA) is 24.4 Å². The third-order valence-electron chi connectivity index (χ3n) is 4.40. The molecule has 0 fully saturated rings. The Balaban J connectivity index is 2.82. The van der Waals surface area contributed by atoms with Crippen molar-refractivity contribution in [3.8, 4) is 0 Å². The Morgan fingerprint density at radius 1 is 1.18 bits per heavy atom. The zero-order valence-electron chi connectivity index (χ0n) is 14.6. The predicted octanol–water partition coefficient (Wildman–Crippen LogP) is 5.91. The lowest BCUT2D eigenvalue weighted by Gasteiger charge is -2.16. The van der Waals surface area contributed by atoms with Gasteiger partial charge in [-0.1, -0.05) is 52.5 Å². The van der Waals surface area contributed by atoms with Gasteiger partial charge < -0.3 is 5.32 Å². The Hall–Kier alpha value is -1.12. The van der Waals surface area contributed by atoms with Crippen LogP contribution in [0.5, 0.6) is 0 Å². The molecular formula is C19H33FN2. The Labute approximate surface area is 136 Å². The van der Waals surface area contributed by atoms with E-state index in [4.69, 9.17) is 0 Å². The molecular weight excluding hydrogens is 275 g/mol. The van der Waals surface area contributed by atoms with Crippen LogP contribution in [0.2, 0.25) is 0 Å². The first kappa shape index (κ1) is 18.9. The van der Waals surface area contributed by atoms with Gasteiger partial charge in [-0.05, 0) is 43.6 Å². The molecule has 0 aliphatic carbocycles. The Morgan fingerprint density at radius 3 is 2.64 bits per heavy atom. The molecule has 3 heteroatoms. The van der Waals surface area contributed by atoms with Crippen LogP contribution in [0.15, 0.2) is 28.3 Å². The van der Waals surface area contributed by atoms with Crippen molar-refractivity contribution < 1.29 is 4.39 Å². The van der Waals surface area contributed by atoms with E-state index < -0.39 is 0 Å². The molecule has 0 aromatic carbocycles. The maximum absolute atomic E-state index is 14.9. The lowest BCUT2D eigenvalue weighted by atomic mass is 10.0. The van der Waals surface area contributed by atoms with Gasteiger partial charge in [-0.3, -0.25) is 0 Å². The average molecular weight is 308 g/mol. The van der Waals surface area contributed by atoms with E-state index in [9.17, 15) is 4.39 Å². The summed E-state index contributed by atoms with van der Waals surface area (Å²) in [5.41, 5.74) is 0.847. The summed E-state index contributed by atoms with van der Waals surface area (Å²) in [6.45, 7) is 7.35. The zero-order valence-corrected chi connectivity index (χ0v) is 14.6. The van der Waals surface area contributed by atoms with Crippen LogP contribution in [0.3, 0.4) is 0 Å². The van der Waals surface area contributed by atoms with Crippen molar-refractivity contribution in [2.24, 2.45) is 10.9 Å². The van der Waals surface area contributed by atoms with E-state index in [0.29, 0.717) is 11.7 Å². The SMILES string of the molecule is CCCCCC1=CCCC/C=N\C(NCC(CC)CC)=C/1F. The van der Waals surface area contributed by atoms with Crippen molar-refractivity contribution in [1.29, 1.82) is 0 Å². The minimum Gasteiger partial charge on any atom is -0.367 e. The van der Waals surface area contributed by atoms with Gasteiger partial charge in [0.2, 0.25) is 0 Å². The number of unbranched alkanes of at least 4 members (excludes halogenated alkanes) is 2. The fourth-order valence-corrected chi connectivity index (χ4v) is 2.66. The fourth-order valence-electron chi connectivity index (χ4n) is 2.66. The lowest BCUT2D eigenvalue weighted by Crippen LogP contribution is -2.22. The molecule has 0 spiro atoms. The van der Waals surface area contributed by atoms with Gasteiger partial charge in [-0.25, -0.2) is 9.38 Å². The van der Waals surface area contributed by atoms with E-state index in [1.165, 1.54) is 0 Å². The summed E-state index contributed by atoms with van der Waals surface area (Å²) in [6, 6.07) is 0. The number of nitrogens with one attached hydrogen (secondary N) is 1. The Bertz CT molecular complexity index is 392. The van der Waals surface area contributed by atoms with Crippen LogP contribution >= 0.6 is 0 Å². The maximum atomic E-state index is 14.9. The highest BCUT2D eigenvalue weighted by Crippen LogP contribution is 2.24. The van der Waals surface area contributed by atoms with Crippen LogP contribution in [0.1, 0.15) is 78.6 Å². The Kier molecular flexibility index (Phi) is 9.85. The average Bonchev–Trinajstić information content (AvgIpc) is 2.61. The molecule has 1 aliphatic rings. The molecule has 0 aromatic heterocycles. The van der Waals surface area contributed by atoms with Gasteiger partial charge in [0.25, 0.3) is 0 Å². The smallest absolute Gasteiger partial charge is 0.168 e. The highest BCUT2D eigenvalue weighted by molar-refractivity contribution is 5.59. The van der Waals surface area contributed by atoms with Crippen LogP contribution in [-0.4, -0.2) is 12.8 Å². The van der Waals surface area contributed by atoms with E-state index >= 15 is 0 Å². The molecule has 1 aliphatic heterocycles. The minimum atomic E-state index is -0.139. The van der Waals surface area contributed by atoms with Gasteiger partial charge in [0.1, 0.15) is 0 Å². The number of aliphatic imine (C=N–C) groups is 1. The first-order chi connectivity index (χ1) is 10.7. The molecule has 0 unspecified atom stereocenters. The van der Waals surface area contributed by atoms with Gasteiger partial charge in [0.15, 0.2) is 11.6 Å². The summed E-state index contributed by atoms with van der Waals surface area (Å²) in [7, 11) is 0. The molecule has 0 atom stereocenters. The summed E-state index contributed by atoms with van der Waals surface area (Å²) in [5, 5.41) is 3.26. The first-order valence-electron chi connectivity index (χ1n) is 9.08. The van der Waals surface area contributed by atoms with E-state index in [0.717, 1.165) is 69.9 Å². The van der Waals surface area contributed by atoms with Gasteiger partial charge >= 0.3 is 0 Å². The van der Waals surface area contributed by atoms with Crippen LogP contribution in [-0.2, 0) is 0 Å². The van der Waals surface area contributed by atoms with Gasteiger partial charge in [0.05, 0.1) is 0 Å². The third kappa shape index (κ3) is 6.76. The van der Waals surface area contributed by atoms with Crippen molar-refractivity contribution >= 4 is 6.21 Å². The summed E-state index contributed by atoms with van der Waals surface area (Å²) < 4.78 is 14.9. The standard InChI is InChI=1S/C19H33FN2/c1-4-7-9-12-17-13-10-8-11-14-21-19(18(17)20)22-15-16(5-2)6-3/h13-14,16,22H,4-12,15H2,1-3H3/b17-13?,19-18-,21-14-. The molecule has 1 N–H and O–H groups in total. The van der Waals surface area contributed by atoms with Crippen molar-refractivity contribution in [3.63, 3.8) is 0 Å². The van der Waals surface area contributed by atoms with Crippen LogP contribution in [0.4, 0.5) is 4.39 Å². The molecule has 126 valence electrons. The fraction of sp³-hybridized carbons (Fsp3) is 0.737. The molecule has 0 saturated heterocycles.